The topological polar surface area (TPSA) is 73.9 Å². The molecule has 3 rings (SSSR count). The first kappa shape index (κ1) is 15.0. The van der Waals surface area contributed by atoms with Crippen LogP contribution in [0.4, 0.5) is 0 Å². The van der Waals surface area contributed by atoms with E-state index < -0.39 is 0 Å². The van der Waals surface area contributed by atoms with Crippen LogP contribution in [-0.2, 0) is 0 Å². The molecule has 2 aromatic heterocycles. The highest BCUT2D eigenvalue weighted by Crippen LogP contribution is 2.22. The Hall–Kier alpha value is -1.95. The molecule has 1 aliphatic heterocycles. The number of aromatic amines is 1. The van der Waals surface area contributed by atoms with Crippen molar-refractivity contribution in [3.63, 3.8) is 0 Å². The Kier molecular flexibility index (Phi) is 4.38. The molecule has 1 aliphatic rings. The van der Waals surface area contributed by atoms with Gasteiger partial charge in [0, 0.05) is 30.4 Å². The van der Waals surface area contributed by atoms with Crippen molar-refractivity contribution in [1.82, 2.24) is 25.4 Å². The molecule has 1 fully saturated rings. The van der Waals surface area contributed by atoms with Crippen molar-refractivity contribution in [2.45, 2.75) is 26.2 Å². The number of amides is 1. The first-order valence-corrected chi connectivity index (χ1v) is 7.93. The van der Waals surface area contributed by atoms with E-state index in [2.05, 4.69) is 20.5 Å². The number of H-pyrrole nitrogens is 1. The molecule has 6 heteroatoms. The molecular weight excluding hydrogens is 278 g/mol. The lowest BCUT2D eigenvalue weighted by Gasteiger charge is -2.32. The van der Waals surface area contributed by atoms with E-state index in [4.69, 9.17) is 0 Å². The number of rotatable bonds is 4. The van der Waals surface area contributed by atoms with Gasteiger partial charge in [-0.1, -0.05) is 0 Å². The maximum Gasteiger partial charge on any atom is 0.255 e. The molecule has 2 N–H and O–H groups in total. The minimum absolute atomic E-state index is 0.0852. The van der Waals surface area contributed by atoms with Gasteiger partial charge in [-0.05, 0) is 51.8 Å². The summed E-state index contributed by atoms with van der Waals surface area (Å²) >= 11 is 0. The highest BCUT2D eigenvalue weighted by Gasteiger charge is 2.24. The lowest BCUT2D eigenvalue weighted by Crippen LogP contribution is -2.39. The fraction of sp³-hybridized carbons (Fsp3) is 0.562. The van der Waals surface area contributed by atoms with Gasteiger partial charge in [-0.25, -0.2) is 4.98 Å². The van der Waals surface area contributed by atoms with Gasteiger partial charge in [0.2, 0.25) is 0 Å². The van der Waals surface area contributed by atoms with Crippen molar-refractivity contribution in [1.29, 1.82) is 0 Å². The smallest absolute Gasteiger partial charge is 0.255 e. The van der Waals surface area contributed by atoms with Gasteiger partial charge in [0.05, 0.1) is 5.56 Å². The molecular formula is C16H23N5O. The summed E-state index contributed by atoms with van der Waals surface area (Å²) in [5, 5.41) is 11.1. The average Bonchev–Trinajstić information content (AvgIpc) is 2.93. The second-order valence-corrected chi connectivity index (χ2v) is 6.07. The van der Waals surface area contributed by atoms with E-state index >= 15 is 0 Å². The van der Waals surface area contributed by atoms with Crippen molar-refractivity contribution in [2.24, 2.45) is 5.92 Å². The summed E-state index contributed by atoms with van der Waals surface area (Å²) in [6.45, 7) is 4.68. The fourth-order valence-electron chi connectivity index (χ4n) is 3.09. The van der Waals surface area contributed by atoms with E-state index in [1.807, 2.05) is 24.9 Å². The number of pyridine rings is 1. The summed E-state index contributed by atoms with van der Waals surface area (Å²) in [4.78, 5) is 18.9. The zero-order valence-electron chi connectivity index (χ0n) is 13.2. The molecule has 0 aromatic carbocycles. The number of hydrogen-bond acceptors (Lipinski definition) is 4. The number of piperidine rings is 1. The van der Waals surface area contributed by atoms with Gasteiger partial charge in [0.25, 0.3) is 5.91 Å². The Morgan fingerprint density at radius 1 is 1.45 bits per heavy atom. The standard InChI is InChI=1S/C16H23N5O/c1-11-14-9-13(10-18-15(14)20-19-11)16(22)21-7-4-12(5-8-21)3-6-17-2/h9-10,12,17H,3-8H2,1-2H3,(H,18,19,20). The van der Waals surface area contributed by atoms with Crippen LogP contribution in [0.15, 0.2) is 12.3 Å². The van der Waals surface area contributed by atoms with Crippen LogP contribution in [0.2, 0.25) is 0 Å². The SMILES string of the molecule is CNCCC1CCN(C(=O)c2cnc3n[nH]c(C)c3c2)CC1. The van der Waals surface area contributed by atoms with Gasteiger partial charge < -0.3 is 10.2 Å². The van der Waals surface area contributed by atoms with Crippen molar-refractivity contribution in [3.05, 3.63) is 23.5 Å². The molecule has 1 saturated heterocycles. The highest BCUT2D eigenvalue weighted by molar-refractivity contribution is 5.97. The Balaban J connectivity index is 1.67. The minimum atomic E-state index is 0.0852. The molecule has 0 saturated carbocycles. The number of carbonyl (C=O) groups is 1. The number of carbonyl (C=O) groups excluding carboxylic acids is 1. The number of aryl methyl sites for hydroxylation is 1. The lowest BCUT2D eigenvalue weighted by molar-refractivity contribution is 0.0687. The number of nitrogens with zero attached hydrogens (tertiary/aromatic N) is 3. The molecule has 0 aliphatic carbocycles. The number of fused-ring (bicyclic) bond motifs is 1. The van der Waals surface area contributed by atoms with E-state index in [1.54, 1.807) is 6.20 Å². The number of aromatic nitrogens is 3. The quantitative estimate of drug-likeness (QED) is 0.902. The summed E-state index contributed by atoms with van der Waals surface area (Å²) in [5.41, 5.74) is 2.27. The number of likely N-dealkylation sites (tertiary alicyclic amines) is 1. The van der Waals surface area contributed by atoms with E-state index in [0.717, 1.165) is 49.5 Å². The summed E-state index contributed by atoms with van der Waals surface area (Å²) < 4.78 is 0. The predicted octanol–water partition coefficient (Wildman–Crippen LogP) is 1.73. The van der Waals surface area contributed by atoms with E-state index in [9.17, 15) is 4.79 Å². The summed E-state index contributed by atoms with van der Waals surface area (Å²) in [7, 11) is 1.99. The summed E-state index contributed by atoms with van der Waals surface area (Å²) in [6, 6.07) is 1.90. The molecule has 0 radical (unpaired) electrons. The Morgan fingerprint density at radius 3 is 2.95 bits per heavy atom. The fourth-order valence-corrected chi connectivity index (χ4v) is 3.09. The Bertz CT molecular complexity index is 658. The van der Waals surface area contributed by atoms with Crippen LogP contribution in [-0.4, -0.2) is 52.7 Å². The first-order valence-electron chi connectivity index (χ1n) is 7.93. The van der Waals surface area contributed by atoms with Gasteiger partial charge in [-0.2, -0.15) is 5.10 Å². The minimum Gasteiger partial charge on any atom is -0.339 e. The van der Waals surface area contributed by atoms with Crippen molar-refractivity contribution in [3.8, 4) is 0 Å². The van der Waals surface area contributed by atoms with Crippen LogP contribution in [0.3, 0.4) is 0 Å². The second-order valence-electron chi connectivity index (χ2n) is 6.07. The second kappa shape index (κ2) is 6.44. The van der Waals surface area contributed by atoms with E-state index in [1.165, 1.54) is 6.42 Å². The maximum absolute atomic E-state index is 12.6. The normalized spacial score (nSPS) is 16.4. The molecule has 0 spiro atoms. The average molecular weight is 301 g/mol. The maximum atomic E-state index is 12.6. The molecule has 0 bridgehead atoms. The number of nitrogens with one attached hydrogen (secondary N) is 2. The zero-order valence-corrected chi connectivity index (χ0v) is 13.2. The third-order valence-corrected chi connectivity index (χ3v) is 4.55. The molecule has 0 unspecified atom stereocenters. The first-order chi connectivity index (χ1) is 10.7. The Morgan fingerprint density at radius 2 is 2.23 bits per heavy atom. The summed E-state index contributed by atoms with van der Waals surface area (Å²) in [6.07, 6.45) is 5.01. The van der Waals surface area contributed by atoms with Crippen LogP contribution in [0.1, 0.15) is 35.3 Å². The molecule has 3 heterocycles. The van der Waals surface area contributed by atoms with Crippen LogP contribution in [0.25, 0.3) is 11.0 Å². The zero-order chi connectivity index (χ0) is 15.5. The monoisotopic (exact) mass is 301 g/mol. The van der Waals surface area contributed by atoms with Crippen molar-refractivity contribution in [2.75, 3.05) is 26.7 Å². The van der Waals surface area contributed by atoms with Crippen LogP contribution in [0, 0.1) is 12.8 Å². The van der Waals surface area contributed by atoms with Gasteiger partial charge >= 0.3 is 0 Å². The van der Waals surface area contributed by atoms with Gasteiger partial charge in [0.15, 0.2) is 5.65 Å². The highest BCUT2D eigenvalue weighted by atomic mass is 16.2. The van der Waals surface area contributed by atoms with Crippen molar-refractivity contribution < 1.29 is 4.79 Å². The third kappa shape index (κ3) is 2.97. The Labute approximate surface area is 130 Å². The van der Waals surface area contributed by atoms with Gasteiger partial charge in [0.1, 0.15) is 0 Å². The molecule has 118 valence electrons. The lowest BCUT2D eigenvalue weighted by atomic mass is 9.93. The van der Waals surface area contributed by atoms with Crippen LogP contribution < -0.4 is 5.32 Å². The molecule has 1 amide bonds. The van der Waals surface area contributed by atoms with E-state index in [-0.39, 0.29) is 5.91 Å². The van der Waals surface area contributed by atoms with Crippen LogP contribution in [0.5, 0.6) is 0 Å². The molecule has 2 aromatic rings. The third-order valence-electron chi connectivity index (χ3n) is 4.55. The van der Waals surface area contributed by atoms with Crippen molar-refractivity contribution >= 4 is 16.9 Å². The predicted molar refractivity (Wildman–Crippen MR) is 85.8 cm³/mol. The molecule has 22 heavy (non-hydrogen) atoms. The van der Waals surface area contributed by atoms with Crippen LogP contribution >= 0.6 is 0 Å². The molecule has 0 atom stereocenters. The van der Waals surface area contributed by atoms with Gasteiger partial charge in [-0.15, -0.1) is 0 Å². The summed E-state index contributed by atoms with van der Waals surface area (Å²) in [5.74, 6) is 0.815. The van der Waals surface area contributed by atoms with E-state index in [0.29, 0.717) is 11.2 Å². The largest absolute Gasteiger partial charge is 0.339 e. The van der Waals surface area contributed by atoms with Gasteiger partial charge in [-0.3, -0.25) is 9.89 Å². The molecule has 6 nitrogen and oxygen atoms in total. The number of hydrogen-bond donors (Lipinski definition) is 2.